The van der Waals surface area contributed by atoms with E-state index in [0.717, 1.165) is 83.3 Å². The molecular weight excluding hydrogens is 824 g/mol. The Bertz CT molecular complexity index is 3990. The maximum atomic E-state index is 7.48. The van der Waals surface area contributed by atoms with E-state index < -0.39 is 0 Å². The number of fused-ring (bicyclic) bond motifs is 6. The van der Waals surface area contributed by atoms with Crippen molar-refractivity contribution in [3.8, 4) is 67.0 Å². The third-order valence-corrected chi connectivity index (χ3v) is 13.8. The second kappa shape index (κ2) is 16.8. The van der Waals surface area contributed by atoms with Crippen LogP contribution in [-0.4, -0.2) is 64.1 Å². The van der Waals surface area contributed by atoms with Crippen molar-refractivity contribution in [3.05, 3.63) is 200 Å². The van der Waals surface area contributed by atoms with Gasteiger partial charge in [-0.25, -0.2) is 0 Å². The van der Waals surface area contributed by atoms with Crippen molar-refractivity contribution in [2.45, 2.75) is 0 Å². The third kappa shape index (κ3) is 6.73. The lowest BCUT2D eigenvalue weighted by atomic mass is 9.64. The summed E-state index contributed by atoms with van der Waals surface area (Å²) in [4.78, 5) is 0. The molecule has 12 aromatic rings. The number of aromatic nitrogens is 2. The predicted molar refractivity (Wildman–Crippen MR) is 300 cm³/mol. The molecule has 0 saturated heterocycles. The smallest absolute Gasteiger partial charge is 0.115 e. The van der Waals surface area contributed by atoms with Crippen LogP contribution in [0.5, 0.6) is 0 Å². The van der Waals surface area contributed by atoms with E-state index in [-0.39, 0.29) is 21.9 Å². The van der Waals surface area contributed by atoms with Crippen molar-refractivity contribution < 1.29 is 0 Å². The van der Waals surface area contributed by atoms with Crippen LogP contribution in [0.15, 0.2) is 200 Å². The predicted octanol–water partition coefficient (Wildman–Crippen LogP) is 7.77. The van der Waals surface area contributed by atoms with Crippen LogP contribution in [0.2, 0.25) is 0 Å². The van der Waals surface area contributed by atoms with Crippen molar-refractivity contribution in [2.75, 3.05) is 0 Å². The van der Waals surface area contributed by atoms with Crippen LogP contribution in [0.3, 0.4) is 0 Å². The van der Waals surface area contributed by atoms with E-state index >= 15 is 0 Å². The Balaban J connectivity index is 1.08. The van der Waals surface area contributed by atoms with E-state index in [1.807, 2.05) is 47.0 Å². The molecule has 0 bridgehead atoms. The topological polar surface area (TPSA) is 9.86 Å². The maximum Gasteiger partial charge on any atom is 0.115 e. The normalized spacial score (nSPS) is 11.6. The standard InChI is InChI=1S/C60H33B7N2/c61-52-48(40-29-32-46-44(33-40)49-43(39-17-8-3-9-18-39)20-12-22-47(49)69(46)45-21-11-10-19-42(45)38-15-6-2-7-16-38)53(62)57(66)59-50(52)51-54(63)55(64)56(65)58(67)60(51)68(59)41-30-27-37(28-31-41)36-25-23-35(24-26-36)34-13-4-1-5-14-34/h1-33H. The molecule has 2 heterocycles. The number of nitrogens with zero attached hydrogens (tertiary/aromatic N) is 2. The van der Waals surface area contributed by atoms with Crippen LogP contribution in [0.25, 0.3) is 111 Å². The van der Waals surface area contributed by atoms with Gasteiger partial charge in [-0.1, -0.05) is 191 Å². The minimum atomic E-state index is 0.170. The zero-order chi connectivity index (χ0) is 47.1. The first-order valence-corrected chi connectivity index (χ1v) is 22.8. The molecule has 304 valence electrons. The number of rotatable bonds is 7. The molecule has 0 spiro atoms. The summed E-state index contributed by atoms with van der Waals surface area (Å²) in [6, 6.07) is 69.3. The summed E-state index contributed by atoms with van der Waals surface area (Å²) in [5.74, 6) is 0. The highest BCUT2D eigenvalue weighted by molar-refractivity contribution is 6.69. The highest BCUT2D eigenvalue weighted by atomic mass is 15.0. The van der Waals surface area contributed by atoms with Gasteiger partial charge in [0.15, 0.2) is 0 Å². The quantitative estimate of drug-likeness (QED) is 0.145. The van der Waals surface area contributed by atoms with Gasteiger partial charge in [-0.05, 0) is 91.9 Å². The largest absolute Gasteiger partial charge is 0.311 e. The Morgan fingerprint density at radius 1 is 0.275 bits per heavy atom. The van der Waals surface area contributed by atoms with Gasteiger partial charge in [-0.3, -0.25) is 0 Å². The second-order valence-corrected chi connectivity index (χ2v) is 17.6. The Kier molecular flexibility index (Phi) is 10.4. The van der Waals surface area contributed by atoms with Crippen LogP contribution in [-0.2, 0) is 0 Å². The molecule has 69 heavy (non-hydrogen) atoms. The molecule has 0 unspecified atom stereocenters. The van der Waals surface area contributed by atoms with E-state index in [9.17, 15) is 0 Å². The van der Waals surface area contributed by atoms with Gasteiger partial charge < -0.3 is 9.13 Å². The van der Waals surface area contributed by atoms with Crippen molar-refractivity contribution in [1.82, 2.24) is 9.13 Å². The summed E-state index contributed by atoms with van der Waals surface area (Å²) >= 11 is 0. The van der Waals surface area contributed by atoms with Gasteiger partial charge in [0, 0.05) is 38.4 Å². The van der Waals surface area contributed by atoms with Crippen LogP contribution in [0, 0.1) is 0 Å². The highest BCUT2D eigenvalue weighted by Crippen LogP contribution is 2.42. The first-order valence-electron chi connectivity index (χ1n) is 22.8. The molecule has 0 atom stereocenters. The summed E-state index contributed by atoms with van der Waals surface area (Å²) in [5.41, 5.74) is 17.0. The second-order valence-electron chi connectivity index (χ2n) is 17.6. The van der Waals surface area contributed by atoms with E-state index in [1.165, 1.54) is 0 Å². The number of para-hydroxylation sites is 1. The monoisotopic (exact) mass is 858 g/mol. The fourth-order valence-electron chi connectivity index (χ4n) is 10.4. The minimum absolute atomic E-state index is 0.170. The number of hydrogen-bond acceptors (Lipinski definition) is 0. The van der Waals surface area contributed by atoms with Crippen LogP contribution < -0.4 is 38.2 Å². The van der Waals surface area contributed by atoms with E-state index in [0.29, 0.717) is 43.8 Å². The molecule has 0 aliphatic carbocycles. The fourth-order valence-corrected chi connectivity index (χ4v) is 10.4. The molecule has 9 heteroatoms. The van der Waals surface area contributed by atoms with Crippen LogP contribution in [0.4, 0.5) is 0 Å². The fraction of sp³-hybridized carbons (Fsp3) is 0. The molecule has 0 aliphatic heterocycles. The molecule has 0 aliphatic rings. The molecule has 0 amide bonds. The van der Waals surface area contributed by atoms with Crippen molar-refractivity contribution in [3.63, 3.8) is 0 Å². The average molecular weight is 858 g/mol. The Morgan fingerprint density at radius 3 is 1.36 bits per heavy atom. The van der Waals surface area contributed by atoms with Gasteiger partial charge in [0.1, 0.15) is 54.9 Å². The average Bonchev–Trinajstić information content (AvgIpc) is 3.94. The first-order chi connectivity index (χ1) is 33.7. The van der Waals surface area contributed by atoms with Gasteiger partial charge in [-0.15, -0.1) is 10.9 Å². The van der Waals surface area contributed by atoms with Crippen molar-refractivity contribution >= 4 is 137 Å². The Morgan fingerprint density at radius 2 is 0.739 bits per heavy atom. The lowest BCUT2D eigenvalue weighted by Gasteiger charge is -2.19. The molecule has 14 radical (unpaired) electrons. The Labute approximate surface area is 410 Å². The number of hydrogen-bond donors (Lipinski definition) is 0. The van der Waals surface area contributed by atoms with Gasteiger partial charge >= 0.3 is 0 Å². The van der Waals surface area contributed by atoms with Gasteiger partial charge in [0.2, 0.25) is 0 Å². The maximum absolute atomic E-state index is 7.48. The lowest BCUT2D eigenvalue weighted by molar-refractivity contribution is 1.18. The SMILES string of the molecule is [B]c1c([B])c([B])c2c(c1[B])c1c([B])c(-c3ccc4c(c3)c3c(-c5ccccc5)cccc3n4-c3ccccc3-c3ccccc3)c([B])c([B])c1n2-c1ccc(-c2ccc(-c3ccccc3)cc2)cc1. The molecule has 0 fully saturated rings. The van der Waals surface area contributed by atoms with Crippen molar-refractivity contribution in [2.24, 2.45) is 0 Å². The number of benzene rings is 10. The van der Waals surface area contributed by atoms with E-state index in [2.05, 4.69) is 162 Å². The summed E-state index contributed by atoms with van der Waals surface area (Å²) in [7, 11) is 49.2. The first kappa shape index (κ1) is 42.6. The van der Waals surface area contributed by atoms with Gasteiger partial charge in [0.05, 0.1) is 16.7 Å². The minimum Gasteiger partial charge on any atom is -0.311 e. The van der Waals surface area contributed by atoms with E-state index in [4.69, 9.17) is 54.9 Å². The van der Waals surface area contributed by atoms with Crippen molar-refractivity contribution in [1.29, 1.82) is 0 Å². The van der Waals surface area contributed by atoms with Gasteiger partial charge in [-0.2, -0.15) is 0 Å². The molecule has 0 N–H and O–H groups in total. The summed E-state index contributed by atoms with van der Waals surface area (Å²) in [6.45, 7) is 0. The molecule has 12 rings (SSSR count). The van der Waals surface area contributed by atoms with Crippen LogP contribution in [0.1, 0.15) is 0 Å². The molecule has 2 aromatic heterocycles. The molecule has 10 aromatic carbocycles. The zero-order valence-electron chi connectivity index (χ0n) is 37.5. The molecule has 2 nitrogen and oxygen atoms in total. The summed E-state index contributed by atoms with van der Waals surface area (Å²) < 4.78 is 4.30. The Hall–Kier alpha value is -7.75. The summed E-state index contributed by atoms with van der Waals surface area (Å²) in [6.07, 6.45) is 0. The van der Waals surface area contributed by atoms with Crippen LogP contribution >= 0.6 is 0 Å². The zero-order valence-corrected chi connectivity index (χ0v) is 37.5. The lowest BCUT2D eigenvalue weighted by Crippen LogP contribution is -2.48. The van der Waals surface area contributed by atoms with Gasteiger partial charge in [0.25, 0.3) is 0 Å². The third-order valence-electron chi connectivity index (χ3n) is 13.8. The highest BCUT2D eigenvalue weighted by Gasteiger charge is 2.25. The summed E-state index contributed by atoms with van der Waals surface area (Å²) in [5, 5.41) is 3.22. The molecular formula is C60H33B7N2. The molecule has 0 saturated carbocycles. The van der Waals surface area contributed by atoms with E-state index in [1.54, 1.807) is 0 Å².